The lowest BCUT2D eigenvalue weighted by Gasteiger charge is -2.36. The van der Waals surface area contributed by atoms with Gasteiger partial charge in [-0.3, -0.25) is 4.79 Å². The quantitative estimate of drug-likeness (QED) is 0.623. The fourth-order valence-electron chi connectivity index (χ4n) is 3.62. The predicted molar refractivity (Wildman–Crippen MR) is 124 cm³/mol. The number of amides is 1. The van der Waals surface area contributed by atoms with E-state index in [-0.39, 0.29) is 5.91 Å². The summed E-state index contributed by atoms with van der Waals surface area (Å²) in [7, 11) is 3.20. The number of carbonyl (C=O) groups excluding carboxylic acids is 1. The number of rotatable bonds is 6. The van der Waals surface area contributed by atoms with E-state index in [1.54, 1.807) is 19.6 Å². The Balaban J connectivity index is 1.37. The van der Waals surface area contributed by atoms with Gasteiger partial charge in [-0.15, -0.1) is 11.3 Å². The van der Waals surface area contributed by atoms with Crippen molar-refractivity contribution in [1.82, 2.24) is 9.88 Å². The lowest BCUT2D eigenvalue weighted by molar-refractivity contribution is 0.0742. The Morgan fingerprint density at radius 1 is 1.03 bits per heavy atom. The number of aryl methyl sites for hydroxylation is 1. The molecule has 0 unspecified atom stereocenters. The molecule has 1 N–H and O–H groups in total. The van der Waals surface area contributed by atoms with Crippen molar-refractivity contribution < 1.29 is 14.3 Å². The Morgan fingerprint density at radius 2 is 1.81 bits per heavy atom. The summed E-state index contributed by atoms with van der Waals surface area (Å²) in [4.78, 5) is 21.6. The van der Waals surface area contributed by atoms with Crippen LogP contribution in [0.15, 0.2) is 47.8 Å². The molecule has 1 aromatic heterocycles. The number of benzene rings is 2. The van der Waals surface area contributed by atoms with E-state index in [1.807, 2.05) is 23.1 Å². The van der Waals surface area contributed by atoms with Gasteiger partial charge in [0.2, 0.25) is 0 Å². The molecule has 0 spiro atoms. The predicted octanol–water partition coefficient (Wildman–Crippen LogP) is 4.17. The topological polar surface area (TPSA) is 66.9 Å². The van der Waals surface area contributed by atoms with Crippen molar-refractivity contribution >= 4 is 33.8 Å². The van der Waals surface area contributed by atoms with Crippen LogP contribution in [-0.2, 0) is 0 Å². The van der Waals surface area contributed by atoms with Crippen LogP contribution in [0, 0.1) is 6.92 Å². The third-order valence-electron chi connectivity index (χ3n) is 5.29. The minimum Gasteiger partial charge on any atom is -0.493 e. The minimum absolute atomic E-state index is 0.0273. The lowest BCUT2D eigenvalue weighted by Crippen LogP contribution is -2.48. The van der Waals surface area contributed by atoms with Gasteiger partial charge in [-0.1, -0.05) is 12.1 Å². The van der Waals surface area contributed by atoms with Crippen LogP contribution in [0.4, 0.5) is 16.5 Å². The van der Waals surface area contributed by atoms with Gasteiger partial charge in [0, 0.05) is 49.0 Å². The summed E-state index contributed by atoms with van der Waals surface area (Å²) >= 11 is 1.41. The molecule has 2 heterocycles. The smallest absolute Gasteiger partial charge is 0.273 e. The number of piperazine rings is 1. The van der Waals surface area contributed by atoms with Gasteiger partial charge in [-0.2, -0.15) is 0 Å². The van der Waals surface area contributed by atoms with Crippen molar-refractivity contribution in [2.45, 2.75) is 6.92 Å². The molecule has 1 aliphatic heterocycles. The van der Waals surface area contributed by atoms with E-state index in [0.29, 0.717) is 35.4 Å². The van der Waals surface area contributed by atoms with Gasteiger partial charge >= 0.3 is 0 Å². The number of nitrogens with zero attached hydrogens (tertiary/aromatic N) is 3. The number of methoxy groups -OCH3 is 2. The summed E-state index contributed by atoms with van der Waals surface area (Å²) in [5.41, 5.74) is 3.74. The Bertz CT molecular complexity index is 1060. The van der Waals surface area contributed by atoms with Crippen molar-refractivity contribution in [2.24, 2.45) is 0 Å². The number of thiazole rings is 1. The maximum Gasteiger partial charge on any atom is 0.273 e. The second kappa shape index (κ2) is 9.26. The van der Waals surface area contributed by atoms with Gasteiger partial charge in [0.05, 0.1) is 14.2 Å². The summed E-state index contributed by atoms with van der Waals surface area (Å²) in [6, 6.07) is 14.0. The van der Waals surface area contributed by atoms with Crippen LogP contribution in [0.5, 0.6) is 11.5 Å². The first kappa shape index (κ1) is 21.0. The van der Waals surface area contributed by atoms with E-state index in [0.717, 1.165) is 18.8 Å². The second-order valence-electron chi connectivity index (χ2n) is 7.35. The average Bonchev–Trinajstić information content (AvgIpc) is 3.27. The Hall–Kier alpha value is -3.26. The molecule has 3 aromatic rings. The van der Waals surface area contributed by atoms with E-state index in [4.69, 9.17) is 9.47 Å². The van der Waals surface area contributed by atoms with E-state index >= 15 is 0 Å². The average molecular weight is 439 g/mol. The van der Waals surface area contributed by atoms with Crippen LogP contribution in [0.1, 0.15) is 16.1 Å². The number of anilines is 3. The first-order valence-electron chi connectivity index (χ1n) is 10.1. The van der Waals surface area contributed by atoms with E-state index in [1.165, 1.54) is 22.6 Å². The van der Waals surface area contributed by atoms with Crippen LogP contribution in [0.3, 0.4) is 0 Å². The first-order chi connectivity index (χ1) is 15.1. The SMILES string of the molecule is COc1ccc(Nc2nc(C(=O)N3CCN(c4cccc(C)c4)CC3)cs2)cc1OC. The third kappa shape index (κ3) is 4.74. The van der Waals surface area contributed by atoms with Gasteiger partial charge in [0.15, 0.2) is 16.6 Å². The molecule has 4 rings (SSSR count). The Kier molecular flexibility index (Phi) is 6.27. The van der Waals surface area contributed by atoms with Crippen molar-refractivity contribution in [3.63, 3.8) is 0 Å². The molecule has 0 atom stereocenters. The van der Waals surface area contributed by atoms with Gasteiger partial charge in [0.25, 0.3) is 5.91 Å². The van der Waals surface area contributed by atoms with Gasteiger partial charge in [-0.05, 0) is 36.8 Å². The van der Waals surface area contributed by atoms with Crippen LogP contribution >= 0.6 is 11.3 Å². The standard InChI is InChI=1S/C23H26N4O3S/c1-16-5-4-6-18(13-16)26-9-11-27(12-10-26)22(28)19-15-31-23(25-19)24-17-7-8-20(29-2)21(14-17)30-3/h4-8,13-15H,9-12H2,1-3H3,(H,24,25). The van der Waals surface area contributed by atoms with Crippen LogP contribution in [0.2, 0.25) is 0 Å². The van der Waals surface area contributed by atoms with E-state index in [9.17, 15) is 4.79 Å². The molecule has 0 radical (unpaired) electrons. The zero-order valence-corrected chi connectivity index (χ0v) is 18.7. The molecule has 2 aromatic carbocycles. The van der Waals surface area contributed by atoms with Crippen molar-refractivity contribution in [3.05, 3.63) is 59.1 Å². The molecule has 8 heteroatoms. The fourth-order valence-corrected chi connectivity index (χ4v) is 4.33. The molecular weight excluding hydrogens is 412 g/mol. The van der Waals surface area contributed by atoms with Crippen molar-refractivity contribution in [3.8, 4) is 11.5 Å². The molecule has 162 valence electrons. The summed E-state index contributed by atoms with van der Waals surface area (Å²) in [6.45, 7) is 5.09. The monoisotopic (exact) mass is 438 g/mol. The van der Waals surface area contributed by atoms with Gasteiger partial charge in [-0.25, -0.2) is 4.98 Å². The highest BCUT2D eigenvalue weighted by atomic mass is 32.1. The van der Waals surface area contributed by atoms with Crippen LogP contribution < -0.4 is 19.7 Å². The first-order valence-corrected chi connectivity index (χ1v) is 11.0. The number of hydrogen-bond donors (Lipinski definition) is 1. The van der Waals surface area contributed by atoms with Crippen LogP contribution in [0.25, 0.3) is 0 Å². The normalized spacial score (nSPS) is 13.8. The van der Waals surface area contributed by atoms with Crippen molar-refractivity contribution in [2.75, 3.05) is 50.6 Å². The zero-order valence-electron chi connectivity index (χ0n) is 17.9. The van der Waals surface area contributed by atoms with Gasteiger partial charge < -0.3 is 24.6 Å². The molecule has 1 amide bonds. The van der Waals surface area contributed by atoms with E-state index < -0.39 is 0 Å². The molecular formula is C23H26N4O3S. The molecule has 1 aliphatic rings. The summed E-state index contributed by atoms with van der Waals surface area (Å²) < 4.78 is 10.6. The molecule has 1 fully saturated rings. The minimum atomic E-state index is -0.0273. The highest BCUT2D eigenvalue weighted by Crippen LogP contribution is 2.32. The Morgan fingerprint density at radius 3 is 2.52 bits per heavy atom. The molecule has 0 aliphatic carbocycles. The maximum atomic E-state index is 12.9. The number of carbonyl (C=O) groups is 1. The Labute approximate surface area is 186 Å². The zero-order chi connectivity index (χ0) is 21.8. The molecule has 1 saturated heterocycles. The van der Waals surface area contributed by atoms with Crippen molar-refractivity contribution in [1.29, 1.82) is 0 Å². The largest absolute Gasteiger partial charge is 0.493 e. The number of aromatic nitrogens is 1. The molecule has 0 saturated carbocycles. The molecule has 0 bridgehead atoms. The van der Waals surface area contributed by atoms with E-state index in [2.05, 4.69) is 46.4 Å². The summed E-state index contributed by atoms with van der Waals surface area (Å²) in [5, 5.41) is 5.70. The second-order valence-corrected chi connectivity index (χ2v) is 8.21. The summed E-state index contributed by atoms with van der Waals surface area (Å²) in [5.74, 6) is 1.26. The van der Waals surface area contributed by atoms with Gasteiger partial charge in [0.1, 0.15) is 5.69 Å². The number of nitrogens with one attached hydrogen (secondary N) is 1. The lowest BCUT2D eigenvalue weighted by atomic mass is 10.2. The number of hydrogen-bond acceptors (Lipinski definition) is 7. The highest BCUT2D eigenvalue weighted by molar-refractivity contribution is 7.14. The fraction of sp³-hybridized carbons (Fsp3) is 0.304. The highest BCUT2D eigenvalue weighted by Gasteiger charge is 2.24. The third-order valence-corrected chi connectivity index (χ3v) is 6.05. The molecule has 7 nitrogen and oxygen atoms in total. The maximum absolute atomic E-state index is 12.9. The number of ether oxygens (including phenoxy) is 2. The van der Waals surface area contributed by atoms with Crippen LogP contribution in [-0.4, -0.2) is 56.2 Å². The molecule has 31 heavy (non-hydrogen) atoms. The summed E-state index contributed by atoms with van der Waals surface area (Å²) in [6.07, 6.45) is 0.